The Morgan fingerprint density at radius 2 is 2.12 bits per heavy atom. The average Bonchev–Trinajstić information content (AvgIpc) is 2.82. The lowest BCUT2D eigenvalue weighted by molar-refractivity contribution is -0.135. The van der Waals surface area contributed by atoms with Crippen molar-refractivity contribution in [1.29, 1.82) is 0 Å². The second-order valence-electron chi connectivity index (χ2n) is 6.25. The summed E-state index contributed by atoms with van der Waals surface area (Å²) < 4.78 is 13.5. The summed E-state index contributed by atoms with van der Waals surface area (Å²) in [7, 11) is 0. The zero-order valence-electron chi connectivity index (χ0n) is 14.7. The van der Waals surface area contributed by atoms with E-state index < -0.39 is 0 Å². The summed E-state index contributed by atoms with van der Waals surface area (Å²) in [5.74, 6) is -0.174. The van der Waals surface area contributed by atoms with Crippen molar-refractivity contribution in [3.05, 3.63) is 35.6 Å². The van der Waals surface area contributed by atoms with E-state index in [0.717, 1.165) is 5.56 Å². The van der Waals surface area contributed by atoms with Crippen LogP contribution in [0.5, 0.6) is 0 Å². The number of benzene rings is 1. The Morgan fingerprint density at radius 3 is 2.71 bits per heavy atom. The third kappa shape index (κ3) is 4.09. The minimum absolute atomic E-state index is 0.0434. The first kappa shape index (κ1) is 18.8. The lowest BCUT2D eigenvalue weighted by Crippen LogP contribution is -2.43. The van der Waals surface area contributed by atoms with Crippen LogP contribution in [0.15, 0.2) is 24.3 Å². The number of rotatable bonds is 6. The molecular weight excluding hydrogens is 327 g/mol. The molecular formula is C18H25FN2O2S. The summed E-state index contributed by atoms with van der Waals surface area (Å²) >= 11 is 1.52. The van der Waals surface area contributed by atoms with Gasteiger partial charge in [0.2, 0.25) is 11.8 Å². The molecule has 1 saturated heterocycles. The van der Waals surface area contributed by atoms with Crippen LogP contribution in [0.25, 0.3) is 0 Å². The van der Waals surface area contributed by atoms with E-state index in [-0.39, 0.29) is 34.3 Å². The Balaban J connectivity index is 2.16. The molecule has 0 N–H and O–H groups in total. The standard InChI is InChI=1S/C18H25FN2O2S/c1-5-16(22)20(12(2)3)9-10-21-17(23)13(4)24-18(21)14-7-6-8-15(19)11-14/h6-8,11-13,18H,5,9-10H2,1-4H3/t13-,18-/m1/s1. The van der Waals surface area contributed by atoms with Crippen molar-refractivity contribution in [1.82, 2.24) is 9.80 Å². The van der Waals surface area contributed by atoms with Gasteiger partial charge in [0.25, 0.3) is 0 Å². The first-order valence-electron chi connectivity index (χ1n) is 8.36. The van der Waals surface area contributed by atoms with Gasteiger partial charge in [0.05, 0.1) is 5.25 Å². The maximum Gasteiger partial charge on any atom is 0.236 e. The van der Waals surface area contributed by atoms with E-state index >= 15 is 0 Å². The largest absolute Gasteiger partial charge is 0.339 e. The van der Waals surface area contributed by atoms with Crippen molar-refractivity contribution in [3.8, 4) is 0 Å². The molecule has 0 unspecified atom stereocenters. The van der Waals surface area contributed by atoms with Gasteiger partial charge in [-0.1, -0.05) is 19.1 Å². The van der Waals surface area contributed by atoms with Crippen LogP contribution in [0.2, 0.25) is 0 Å². The predicted molar refractivity (Wildman–Crippen MR) is 95.0 cm³/mol. The van der Waals surface area contributed by atoms with Gasteiger partial charge in [-0.05, 0) is 38.5 Å². The number of thioether (sulfide) groups is 1. The minimum atomic E-state index is -0.301. The molecule has 0 spiro atoms. The molecule has 2 rings (SSSR count). The number of hydrogen-bond acceptors (Lipinski definition) is 3. The monoisotopic (exact) mass is 352 g/mol. The molecule has 0 radical (unpaired) electrons. The van der Waals surface area contributed by atoms with Crippen molar-refractivity contribution < 1.29 is 14.0 Å². The van der Waals surface area contributed by atoms with Crippen LogP contribution < -0.4 is 0 Å². The third-order valence-electron chi connectivity index (χ3n) is 4.21. The van der Waals surface area contributed by atoms with Crippen LogP contribution in [0.1, 0.15) is 45.1 Å². The molecule has 2 atom stereocenters. The Morgan fingerprint density at radius 1 is 1.42 bits per heavy atom. The molecule has 132 valence electrons. The van der Waals surface area contributed by atoms with Crippen molar-refractivity contribution in [2.45, 2.75) is 50.8 Å². The highest BCUT2D eigenvalue weighted by Gasteiger charge is 2.38. The van der Waals surface area contributed by atoms with Gasteiger partial charge in [0, 0.05) is 25.6 Å². The van der Waals surface area contributed by atoms with Gasteiger partial charge < -0.3 is 9.80 Å². The van der Waals surface area contributed by atoms with Crippen LogP contribution in [-0.4, -0.2) is 46.0 Å². The van der Waals surface area contributed by atoms with Crippen LogP contribution in [0.3, 0.4) is 0 Å². The molecule has 0 aliphatic carbocycles. The number of carbonyl (C=O) groups excluding carboxylic acids is 2. The second-order valence-corrected chi connectivity index (χ2v) is 7.68. The van der Waals surface area contributed by atoms with E-state index in [1.165, 1.54) is 23.9 Å². The number of nitrogens with zero attached hydrogens (tertiary/aromatic N) is 2. The Bertz CT molecular complexity index is 608. The highest BCUT2D eigenvalue weighted by atomic mass is 32.2. The summed E-state index contributed by atoms with van der Waals surface area (Å²) in [6.07, 6.45) is 0.449. The van der Waals surface area contributed by atoms with E-state index in [1.807, 2.05) is 33.8 Å². The smallest absolute Gasteiger partial charge is 0.236 e. The Hall–Kier alpha value is -1.56. The van der Waals surface area contributed by atoms with Crippen molar-refractivity contribution >= 4 is 23.6 Å². The SMILES string of the molecule is CCC(=O)N(CCN1C(=O)[C@@H](C)S[C@@H]1c1cccc(F)c1)C(C)C. The number of carbonyl (C=O) groups is 2. The highest BCUT2D eigenvalue weighted by Crippen LogP contribution is 2.42. The quantitative estimate of drug-likeness (QED) is 0.787. The number of amides is 2. The van der Waals surface area contributed by atoms with E-state index in [9.17, 15) is 14.0 Å². The fraction of sp³-hybridized carbons (Fsp3) is 0.556. The minimum Gasteiger partial charge on any atom is -0.339 e. The van der Waals surface area contributed by atoms with Gasteiger partial charge in [-0.2, -0.15) is 0 Å². The Labute approximate surface area is 147 Å². The molecule has 1 aromatic rings. The maximum absolute atomic E-state index is 13.5. The van der Waals surface area contributed by atoms with Gasteiger partial charge in [-0.25, -0.2) is 4.39 Å². The molecule has 1 aromatic carbocycles. The normalized spacial score (nSPS) is 20.8. The molecule has 2 amide bonds. The van der Waals surface area contributed by atoms with Gasteiger partial charge in [-0.15, -0.1) is 11.8 Å². The fourth-order valence-electron chi connectivity index (χ4n) is 2.91. The van der Waals surface area contributed by atoms with E-state index in [4.69, 9.17) is 0 Å². The zero-order valence-corrected chi connectivity index (χ0v) is 15.5. The van der Waals surface area contributed by atoms with E-state index in [1.54, 1.807) is 15.9 Å². The first-order valence-corrected chi connectivity index (χ1v) is 9.30. The molecule has 0 aromatic heterocycles. The topological polar surface area (TPSA) is 40.6 Å². The number of halogens is 1. The molecule has 1 heterocycles. The summed E-state index contributed by atoms with van der Waals surface area (Å²) in [4.78, 5) is 28.1. The summed E-state index contributed by atoms with van der Waals surface area (Å²) in [6.45, 7) is 8.61. The molecule has 0 bridgehead atoms. The van der Waals surface area contributed by atoms with Gasteiger partial charge in [0.15, 0.2) is 0 Å². The summed E-state index contributed by atoms with van der Waals surface area (Å²) in [5.41, 5.74) is 0.788. The summed E-state index contributed by atoms with van der Waals surface area (Å²) in [6, 6.07) is 6.48. The molecule has 1 aliphatic heterocycles. The van der Waals surface area contributed by atoms with Crippen molar-refractivity contribution in [2.75, 3.05) is 13.1 Å². The third-order valence-corrected chi connectivity index (χ3v) is 5.60. The molecule has 0 saturated carbocycles. The lowest BCUT2D eigenvalue weighted by atomic mass is 10.2. The van der Waals surface area contributed by atoms with E-state index in [2.05, 4.69) is 0 Å². The van der Waals surface area contributed by atoms with Crippen molar-refractivity contribution in [2.24, 2.45) is 0 Å². The molecule has 4 nitrogen and oxygen atoms in total. The summed E-state index contributed by atoms with van der Waals surface area (Å²) in [5, 5.41) is -0.360. The van der Waals surface area contributed by atoms with Gasteiger partial charge in [0.1, 0.15) is 11.2 Å². The fourth-order valence-corrected chi connectivity index (χ4v) is 4.21. The van der Waals surface area contributed by atoms with Gasteiger partial charge in [-0.3, -0.25) is 9.59 Å². The molecule has 1 fully saturated rings. The van der Waals surface area contributed by atoms with Gasteiger partial charge >= 0.3 is 0 Å². The van der Waals surface area contributed by atoms with Crippen LogP contribution in [0, 0.1) is 5.82 Å². The molecule has 6 heteroatoms. The predicted octanol–water partition coefficient (Wildman–Crippen LogP) is 3.44. The first-order chi connectivity index (χ1) is 11.3. The second kappa shape index (κ2) is 8.01. The maximum atomic E-state index is 13.5. The highest BCUT2D eigenvalue weighted by molar-refractivity contribution is 8.01. The van der Waals surface area contributed by atoms with E-state index in [0.29, 0.717) is 19.5 Å². The molecule has 24 heavy (non-hydrogen) atoms. The zero-order chi connectivity index (χ0) is 17.9. The lowest BCUT2D eigenvalue weighted by Gasteiger charge is -2.31. The van der Waals surface area contributed by atoms with Crippen LogP contribution in [-0.2, 0) is 9.59 Å². The molecule has 1 aliphatic rings. The Kier molecular flexibility index (Phi) is 6.27. The van der Waals surface area contributed by atoms with Crippen LogP contribution in [0.4, 0.5) is 4.39 Å². The van der Waals surface area contributed by atoms with Crippen molar-refractivity contribution in [3.63, 3.8) is 0 Å². The van der Waals surface area contributed by atoms with Crippen LogP contribution >= 0.6 is 11.8 Å². The average molecular weight is 352 g/mol. The number of hydrogen-bond donors (Lipinski definition) is 0.